The van der Waals surface area contributed by atoms with E-state index in [4.69, 9.17) is 9.26 Å². The van der Waals surface area contributed by atoms with E-state index in [1.165, 1.54) is 0 Å². The molecule has 0 saturated heterocycles. The molecule has 1 unspecified atom stereocenters. The van der Waals surface area contributed by atoms with Gasteiger partial charge in [-0.05, 0) is 24.1 Å². The molecule has 0 aliphatic carbocycles. The number of hydrogen-bond acceptors (Lipinski definition) is 5. The van der Waals surface area contributed by atoms with Gasteiger partial charge in [-0.2, -0.15) is 0 Å². The van der Waals surface area contributed by atoms with Gasteiger partial charge in [-0.25, -0.2) is 0 Å². The fourth-order valence-corrected chi connectivity index (χ4v) is 2.07. The van der Waals surface area contributed by atoms with Crippen molar-refractivity contribution in [3.8, 4) is 5.75 Å². The Balaban J connectivity index is 2.00. The molecule has 116 valence electrons. The van der Waals surface area contributed by atoms with Crippen LogP contribution < -0.4 is 10.1 Å². The summed E-state index contributed by atoms with van der Waals surface area (Å²) in [6.07, 6.45) is -0.532. The smallest absolute Gasteiger partial charge is 0.167 e. The first-order chi connectivity index (χ1) is 9.97. The second-order valence-corrected chi connectivity index (χ2v) is 5.91. The van der Waals surface area contributed by atoms with Crippen molar-refractivity contribution in [1.29, 1.82) is 0 Å². The van der Waals surface area contributed by atoms with E-state index >= 15 is 0 Å². The van der Waals surface area contributed by atoms with E-state index in [0.29, 0.717) is 18.5 Å². The Morgan fingerprint density at radius 2 is 2.05 bits per heavy atom. The van der Waals surface area contributed by atoms with Gasteiger partial charge in [-0.3, -0.25) is 0 Å². The van der Waals surface area contributed by atoms with Crippen LogP contribution in [0.4, 0.5) is 0 Å². The monoisotopic (exact) mass is 292 g/mol. The Labute approximate surface area is 125 Å². The molecule has 0 saturated carbocycles. The van der Waals surface area contributed by atoms with Crippen molar-refractivity contribution in [2.45, 2.75) is 45.8 Å². The number of nitrogens with zero attached hydrogens (tertiary/aromatic N) is 1. The molecule has 1 aromatic carbocycles. The maximum absolute atomic E-state index is 9.86. The Morgan fingerprint density at radius 1 is 1.29 bits per heavy atom. The Morgan fingerprint density at radius 3 is 2.71 bits per heavy atom. The summed E-state index contributed by atoms with van der Waals surface area (Å²) in [6, 6.07) is 5.95. The number of nitrogens with one attached hydrogen (secondary N) is 1. The van der Waals surface area contributed by atoms with Gasteiger partial charge in [0.2, 0.25) is 0 Å². The molecule has 5 nitrogen and oxygen atoms in total. The van der Waals surface area contributed by atoms with Gasteiger partial charge >= 0.3 is 0 Å². The first kappa shape index (κ1) is 15.8. The standard InChI is InChI=1S/C16H24N2O3/c1-10(2)16-14-7-13(5-6-15(14)21-18-16)20-9-12(19)8-17-11(3)4/h5-7,10-12,17,19H,8-9H2,1-4H3. The normalized spacial score (nSPS) is 13.3. The summed E-state index contributed by atoms with van der Waals surface area (Å²) in [4.78, 5) is 0. The average Bonchev–Trinajstić information content (AvgIpc) is 2.86. The quantitative estimate of drug-likeness (QED) is 0.821. The van der Waals surface area contributed by atoms with Crippen molar-refractivity contribution in [3.63, 3.8) is 0 Å². The van der Waals surface area contributed by atoms with Gasteiger partial charge in [0.1, 0.15) is 18.5 Å². The molecular formula is C16H24N2O3. The highest BCUT2D eigenvalue weighted by Gasteiger charge is 2.13. The molecule has 2 N–H and O–H groups in total. The van der Waals surface area contributed by atoms with Crippen LogP contribution >= 0.6 is 0 Å². The van der Waals surface area contributed by atoms with Crippen molar-refractivity contribution in [1.82, 2.24) is 10.5 Å². The van der Waals surface area contributed by atoms with Crippen LogP contribution in [-0.2, 0) is 0 Å². The molecule has 0 aliphatic heterocycles. The predicted molar refractivity (Wildman–Crippen MR) is 82.7 cm³/mol. The van der Waals surface area contributed by atoms with Crippen LogP contribution in [0.15, 0.2) is 22.7 Å². The van der Waals surface area contributed by atoms with Crippen LogP contribution in [0.3, 0.4) is 0 Å². The zero-order valence-corrected chi connectivity index (χ0v) is 13.1. The van der Waals surface area contributed by atoms with E-state index in [0.717, 1.165) is 22.4 Å². The van der Waals surface area contributed by atoms with E-state index in [9.17, 15) is 5.11 Å². The van der Waals surface area contributed by atoms with E-state index in [-0.39, 0.29) is 6.61 Å². The maximum Gasteiger partial charge on any atom is 0.167 e. The second kappa shape index (κ2) is 6.91. The lowest BCUT2D eigenvalue weighted by Crippen LogP contribution is -2.35. The lowest BCUT2D eigenvalue weighted by Gasteiger charge is -2.15. The van der Waals surface area contributed by atoms with E-state index in [2.05, 4.69) is 24.3 Å². The number of benzene rings is 1. The van der Waals surface area contributed by atoms with Crippen LogP contribution in [0.25, 0.3) is 11.0 Å². The molecule has 2 rings (SSSR count). The number of aliphatic hydroxyl groups excluding tert-OH is 1. The number of fused-ring (bicyclic) bond motifs is 1. The van der Waals surface area contributed by atoms with Crippen molar-refractivity contribution >= 4 is 11.0 Å². The van der Waals surface area contributed by atoms with Crippen LogP contribution in [0.1, 0.15) is 39.3 Å². The Bertz CT molecular complexity index is 578. The highest BCUT2D eigenvalue weighted by Crippen LogP contribution is 2.28. The highest BCUT2D eigenvalue weighted by atomic mass is 16.5. The molecule has 1 aromatic heterocycles. The zero-order chi connectivity index (χ0) is 15.4. The average molecular weight is 292 g/mol. The first-order valence-electron chi connectivity index (χ1n) is 7.41. The van der Waals surface area contributed by atoms with Crippen molar-refractivity contribution < 1.29 is 14.4 Å². The maximum atomic E-state index is 9.86. The Kier molecular flexibility index (Phi) is 5.20. The fourth-order valence-electron chi connectivity index (χ4n) is 2.07. The third-order valence-electron chi connectivity index (χ3n) is 3.22. The SMILES string of the molecule is CC(C)NCC(O)COc1ccc2onc(C(C)C)c2c1. The van der Waals surface area contributed by atoms with Crippen LogP contribution in [0.2, 0.25) is 0 Å². The third-order valence-corrected chi connectivity index (χ3v) is 3.22. The van der Waals surface area contributed by atoms with Crippen molar-refractivity contribution in [2.75, 3.05) is 13.2 Å². The van der Waals surface area contributed by atoms with E-state index < -0.39 is 6.10 Å². The van der Waals surface area contributed by atoms with Crippen LogP contribution in [0.5, 0.6) is 5.75 Å². The molecule has 0 amide bonds. The molecule has 0 bridgehead atoms. The molecule has 0 radical (unpaired) electrons. The molecular weight excluding hydrogens is 268 g/mol. The predicted octanol–water partition coefficient (Wildman–Crippen LogP) is 2.69. The third kappa shape index (κ3) is 4.19. The van der Waals surface area contributed by atoms with E-state index in [1.54, 1.807) is 0 Å². The second-order valence-electron chi connectivity index (χ2n) is 5.91. The number of hydrogen-bond donors (Lipinski definition) is 2. The molecule has 0 spiro atoms. The zero-order valence-electron chi connectivity index (χ0n) is 13.1. The first-order valence-corrected chi connectivity index (χ1v) is 7.41. The molecule has 1 atom stereocenters. The number of rotatable bonds is 7. The summed E-state index contributed by atoms with van der Waals surface area (Å²) < 4.78 is 10.9. The largest absolute Gasteiger partial charge is 0.491 e. The molecule has 21 heavy (non-hydrogen) atoms. The number of ether oxygens (including phenoxy) is 1. The van der Waals surface area contributed by atoms with Crippen LogP contribution in [0, 0.1) is 0 Å². The van der Waals surface area contributed by atoms with Crippen LogP contribution in [-0.4, -0.2) is 35.6 Å². The summed E-state index contributed by atoms with van der Waals surface area (Å²) in [6.45, 7) is 9.01. The minimum Gasteiger partial charge on any atom is -0.491 e. The van der Waals surface area contributed by atoms with Gasteiger partial charge in [0.25, 0.3) is 0 Å². The minimum absolute atomic E-state index is 0.257. The van der Waals surface area contributed by atoms with Gasteiger partial charge < -0.3 is 19.7 Å². The molecule has 0 aliphatic rings. The van der Waals surface area contributed by atoms with Gasteiger partial charge in [-0.1, -0.05) is 32.9 Å². The molecule has 1 heterocycles. The summed E-state index contributed by atoms with van der Waals surface area (Å²) in [7, 11) is 0. The van der Waals surface area contributed by atoms with Crippen molar-refractivity contribution in [3.05, 3.63) is 23.9 Å². The van der Waals surface area contributed by atoms with Gasteiger partial charge in [0, 0.05) is 18.0 Å². The lowest BCUT2D eigenvalue weighted by molar-refractivity contribution is 0.105. The summed E-state index contributed by atoms with van der Waals surface area (Å²) >= 11 is 0. The van der Waals surface area contributed by atoms with Gasteiger partial charge in [-0.15, -0.1) is 0 Å². The highest BCUT2D eigenvalue weighted by molar-refractivity contribution is 5.81. The van der Waals surface area contributed by atoms with Crippen molar-refractivity contribution in [2.24, 2.45) is 0 Å². The van der Waals surface area contributed by atoms with Gasteiger partial charge in [0.05, 0.1) is 5.69 Å². The molecule has 2 aromatic rings. The fraction of sp³-hybridized carbons (Fsp3) is 0.562. The summed E-state index contributed by atoms with van der Waals surface area (Å²) in [5.74, 6) is 1.01. The topological polar surface area (TPSA) is 67.5 Å². The number of aromatic nitrogens is 1. The Hall–Kier alpha value is -1.59. The number of aliphatic hydroxyl groups is 1. The summed E-state index contributed by atoms with van der Waals surface area (Å²) in [5, 5.41) is 18.1. The lowest BCUT2D eigenvalue weighted by atomic mass is 10.1. The summed E-state index contributed by atoms with van der Waals surface area (Å²) in [5.41, 5.74) is 1.69. The molecule has 5 heteroatoms. The van der Waals surface area contributed by atoms with Gasteiger partial charge in [0.15, 0.2) is 5.58 Å². The van der Waals surface area contributed by atoms with E-state index in [1.807, 2.05) is 32.0 Å². The minimum atomic E-state index is -0.532. The molecule has 0 fully saturated rings.